The number of amides is 1. The SMILES string of the molecule is CN(C(=O)c1cn[nH]n1)C1CCN(CCc2cccc(Cl)c2Cl)C1. The van der Waals surface area contributed by atoms with Crippen molar-refractivity contribution in [2.75, 3.05) is 26.7 Å². The number of hydrogen-bond acceptors (Lipinski definition) is 4. The van der Waals surface area contributed by atoms with Crippen molar-refractivity contribution in [3.8, 4) is 0 Å². The van der Waals surface area contributed by atoms with Crippen LogP contribution in [0.3, 0.4) is 0 Å². The minimum absolute atomic E-state index is 0.103. The average molecular weight is 368 g/mol. The molecule has 0 radical (unpaired) electrons. The first-order chi connectivity index (χ1) is 11.6. The third-order valence-corrected chi connectivity index (χ3v) is 5.34. The molecule has 0 aliphatic carbocycles. The molecule has 8 heteroatoms. The number of likely N-dealkylation sites (N-methyl/N-ethyl adjacent to an activating group) is 1. The van der Waals surface area contributed by atoms with Crippen LogP contribution in [0.1, 0.15) is 22.5 Å². The first kappa shape index (κ1) is 17.2. The van der Waals surface area contributed by atoms with Gasteiger partial charge in [-0.1, -0.05) is 35.3 Å². The fourth-order valence-corrected chi connectivity index (χ4v) is 3.42. The van der Waals surface area contributed by atoms with Crippen LogP contribution in [0.4, 0.5) is 0 Å². The maximum atomic E-state index is 12.3. The van der Waals surface area contributed by atoms with Crippen molar-refractivity contribution in [1.29, 1.82) is 0 Å². The van der Waals surface area contributed by atoms with E-state index in [-0.39, 0.29) is 11.9 Å². The zero-order chi connectivity index (χ0) is 17.1. The number of benzene rings is 1. The summed E-state index contributed by atoms with van der Waals surface area (Å²) in [5, 5.41) is 11.2. The number of nitrogens with one attached hydrogen (secondary N) is 1. The normalized spacial score (nSPS) is 18.0. The van der Waals surface area contributed by atoms with Crippen LogP contribution in [0.25, 0.3) is 0 Å². The number of aromatic nitrogens is 3. The van der Waals surface area contributed by atoms with Gasteiger partial charge in [-0.25, -0.2) is 0 Å². The topological polar surface area (TPSA) is 65.1 Å². The van der Waals surface area contributed by atoms with Crippen molar-refractivity contribution in [3.63, 3.8) is 0 Å². The van der Waals surface area contributed by atoms with E-state index >= 15 is 0 Å². The quantitative estimate of drug-likeness (QED) is 0.881. The standard InChI is InChI=1S/C16H19Cl2N5O/c1-22(16(24)14-9-19-21-20-14)12-6-8-23(10-12)7-5-11-3-2-4-13(17)15(11)18/h2-4,9,12H,5-8,10H2,1H3,(H,19,20,21). The lowest BCUT2D eigenvalue weighted by Crippen LogP contribution is -2.39. The third-order valence-electron chi connectivity index (χ3n) is 4.48. The van der Waals surface area contributed by atoms with Gasteiger partial charge in [0.2, 0.25) is 0 Å². The van der Waals surface area contributed by atoms with E-state index in [2.05, 4.69) is 20.3 Å². The van der Waals surface area contributed by atoms with Crippen molar-refractivity contribution in [2.24, 2.45) is 0 Å². The molecule has 3 rings (SSSR count). The van der Waals surface area contributed by atoms with Crippen LogP contribution in [0, 0.1) is 0 Å². The molecule has 0 bridgehead atoms. The van der Waals surface area contributed by atoms with Crippen molar-refractivity contribution >= 4 is 29.1 Å². The lowest BCUT2D eigenvalue weighted by atomic mass is 10.1. The lowest BCUT2D eigenvalue weighted by molar-refractivity contribution is 0.0729. The fraction of sp³-hybridized carbons (Fsp3) is 0.438. The summed E-state index contributed by atoms with van der Waals surface area (Å²) < 4.78 is 0. The highest BCUT2D eigenvalue weighted by atomic mass is 35.5. The zero-order valence-electron chi connectivity index (χ0n) is 13.4. The molecule has 1 N–H and O–H groups in total. The van der Waals surface area contributed by atoms with Crippen molar-refractivity contribution in [2.45, 2.75) is 18.9 Å². The second-order valence-electron chi connectivity index (χ2n) is 5.98. The molecule has 1 atom stereocenters. The number of H-pyrrole nitrogens is 1. The first-order valence-corrected chi connectivity index (χ1v) is 8.60. The van der Waals surface area contributed by atoms with Gasteiger partial charge in [-0.15, -0.1) is 0 Å². The summed E-state index contributed by atoms with van der Waals surface area (Å²) in [7, 11) is 1.82. The fourth-order valence-electron chi connectivity index (χ4n) is 3.00. The Bertz CT molecular complexity index is 706. The van der Waals surface area contributed by atoms with Crippen LogP contribution >= 0.6 is 23.2 Å². The number of carbonyl (C=O) groups is 1. The molecule has 1 amide bonds. The second-order valence-corrected chi connectivity index (χ2v) is 6.76. The number of hydrogen-bond donors (Lipinski definition) is 1. The Labute approximate surface area is 150 Å². The molecule has 1 saturated heterocycles. The highest BCUT2D eigenvalue weighted by Gasteiger charge is 2.29. The van der Waals surface area contributed by atoms with Crippen molar-refractivity contribution in [3.05, 3.63) is 45.7 Å². The van der Waals surface area contributed by atoms with E-state index in [0.29, 0.717) is 15.7 Å². The molecule has 128 valence electrons. The molecular formula is C16H19Cl2N5O. The molecular weight excluding hydrogens is 349 g/mol. The van der Waals surface area contributed by atoms with Crippen LogP contribution in [-0.2, 0) is 6.42 Å². The van der Waals surface area contributed by atoms with Gasteiger partial charge in [-0.3, -0.25) is 4.79 Å². The van der Waals surface area contributed by atoms with Gasteiger partial charge in [0.1, 0.15) is 0 Å². The lowest BCUT2D eigenvalue weighted by Gasteiger charge is -2.24. The van der Waals surface area contributed by atoms with Gasteiger partial charge in [-0.2, -0.15) is 15.4 Å². The third kappa shape index (κ3) is 3.71. The summed E-state index contributed by atoms with van der Waals surface area (Å²) in [5.74, 6) is -0.103. The molecule has 1 unspecified atom stereocenters. The Morgan fingerprint density at radius 3 is 3.04 bits per heavy atom. The van der Waals surface area contributed by atoms with E-state index in [1.807, 2.05) is 19.2 Å². The number of likely N-dealkylation sites (tertiary alicyclic amines) is 1. The molecule has 0 spiro atoms. The Hall–Kier alpha value is -1.63. The van der Waals surface area contributed by atoms with Gasteiger partial charge >= 0.3 is 0 Å². The van der Waals surface area contributed by atoms with E-state index < -0.39 is 0 Å². The Kier molecular flexibility index (Phi) is 5.38. The maximum absolute atomic E-state index is 12.3. The number of halogens is 2. The van der Waals surface area contributed by atoms with Gasteiger partial charge in [0.15, 0.2) is 5.69 Å². The molecule has 1 aliphatic rings. The first-order valence-electron chi connectivity index (χ1n) is 7.84. The highest BCUT2D eigenvalue weighted by Crippen LogP contribution is 2.26. The molecule has 0 saturated carbocycles. The molecule has 24 heavy (non-hydrogen) atoms. The highest BCUT2D eigenvalue weighted by molar-refractivity contribution is 6.42. The number of aromatic amines is 1. The van der Waals surface area contributed by atoms with Crippen LogP contribution in [-0.4, -0.2) is 63.8 Å². The summed E-state index contributed by atoms with van der Waals surface area (Å²) in [6, 6.07) is 5.90. The van der Waals surface area contributed by atoms with Crippen LogP contribution in [0.2, 0.25) is 10.0 Å². The molecule has 2 heterocycles. The smallest absolute Gasteiger partial charge is 0.276 e. The van der Waals surface area contributed by atoms with Gasteiger partial charge in [0.05, 0.1) is 16.2 Å². The van der Waals surface area contributed by atoms with Gasteiger partial charge in [-0.05, 0) is 24.5 Å². The number of rotatable bonds is 5. The van der Waals surface area contributed by atoms with E-state index in [9.17, 15) is 4.79 Å². The predicted molar refractivity (Wildman–Crippen MR) is 93.5 cm³/mol. The molecule has 1 fully saturated rings. The minimum atomic E-state index is -0.103. The summed E-state index contributed by atoms with van der Waals surface area (Å²) in [4.78, 5) is 16.4. The van der Waals surface area contributed by atoms with Crippen molar-refractivity contribution in [1.82, 2.24) is 25.2 Å². The molecule has 1 aliphatic heterocycles. The predicted octanol–water partition coefficient (Wildman–Crippen LogP) is 2.50. The zero-order valence-corrected chi connectivity index (χ0v) is 14.9. The second kappa shape index (κ2) is 7.51. The average Bonchev–Trinajstić information content (AvgIpc) is 3.26. The number of nitrogens with zero attached hydrogens (tertiary/aromatic N) is 4. The molecule has 2 aromatic rings. The van der Waals surface area contributed by atoms with Crippen LogP contribution in [0.15, 0.2) is 24.4 Å². The van der Waals surface area contributed by atoms with E-state index in [0.717, 1.165) is 38.0 Å². The number of carbonyl (C=O) groups excluding carboxylic acids is 1. The van der Waals surface area contributed by atoms with Crippen LogP contribution < -0.4 is 0 Å². The van der Waals surface area contributed by atoms with Gasteiger partial charge < -0.3 is 9.80 Å². The monoisotopic (exact) mass is 367 g/mol. The Morgan fingerprint density at radius 2 is 2.29 bits per heavy atom. The van der Waals surface area contributed by atoms with E-state index in [4.69, 9.17) is 23.2 Å². The van der Waals surface area contributed by atoms with Gasteiger partial charge in [0, 0.05) is 32.7 Å². The molecule has 6 nitrogen and oxygen atoms in total. The van der Waals surface area contributed by atoms with Gasteiger partial charge in [0.25, 0.3) is 5.91 Å². The Balaban J connectivity index is 1.54. The summed E-state index contributed by atoms with van der Waals surface area (Å²) >= 11 is 12.3. The largest absolute Gasteiger partial charge is 0.336 e. The minimum Gasteiger partial charge on any atom is -0.336 e. The van der Waals surface area contributed by atoms with Crippen molar-refractivity contribution < 1.29 is 4.79 Å². The molecule has 1 aromatic heterocycles. The molecule has 1 aromatic carbocycles. The van der Waals surface area contributed by atoms with E-state index in [1.54, 1.807) is 11.0 Å². The Morgan fingerprint density at radius 1 is 1.46 bits per heavy atom. The van der Waals surface area contributed by atoms with E-state index in [1.165, 1.54) is 6.20 Å². The maximum Gasteiger partial charge on any atom is 0.276 e. The summed E-state index contributed by atoms with van der Waals surface area (Å²) in [6.07, 6.45) is 3.24. The summed E-state index contributed by atoms with van der Waals surface area (Å²) in [6.45, 7) is 2.69. The van der Waals surface area contributed by atoms with Crippen LogP contribution in [0.5, 0.6) is 0 Å². The summed E-state index contributed by atoms with van der Waals surface area (Å²) in [5.41, 5.74) is 1.40.